The smallest absolute Gasteiger partial charge is 0.417 e. The Morgan fingerprint density at radius 3 is 2.44 bits per heavy atom. The molecule has 0 saturated carbocycles. The third-order valence-electron chi connectivity index (χ3n) is 3.16. The van der Waals surface area contributed by atoms with Crippen LogP contribution >= 0.6 is 0 Å². The van der Waals surface area contributed by atoms with Gasteiger partial charge in [0.25, 0.3) is 0 Å². The molecule has 18 heavy (non-hydrogen) atoms. The molecule has 1 fully saturated rings. The van der Waals surface area contributed by atoms with Crippen LogP contribution in [-0.2, 0) is 9.53 Å². The van der Waals surface area contributed by atoms with Crippen LogP contribution in [0, 0.1) is 11.8 Å². The number of carbonyl (C=O) groups is 2. The minimum atomic E-state index is -0.562. The fraction of sp³-hybridized carbons (Fsp3) is 0.857. The van der Waals surface area contributed by atoms with Crippen LogP contribution in [-0.4, -0.2) is 28.5 Å². The van der Waals surface area contributed by atoms with Crippen molar-refractivity contribution in [3.05, 3.63) is 0 Å². The standard InChI is InChI=1S/C14H25NO3/c1-9(2)7-11-8-12(16)15(10(11)3)13(17)18-14(4,5)6/h9-11H,7-8H2,1-6H3. The summed E-state index contributed by atoms with van der Waals surface area (Å²) in [7, 11) is 0. The number of hydrogen-bond donors (Lipinski definition) is 0. The molecule has 0 aromatic carbocycles. The van der Waals surface area contributed by atoms with E-state index in [0.29, 0.717) is 12.3 Å². The lowest BCUT2D eigenvalue weighted by molar-refractivity contribution is -0.127. The van der Waals surface area contributed by atoms with Crippen molar-refractivity contribution in [2.75, 3.05) is 0 Å². The molecule has 0 aromatic rings. The average molecular weight is 255 g/mol. The van der Waals surface area contributed by atoms with E-state index in [-0.39, 0.29) is 17.9 Å². The zero-order valence-corrected chi connectivity index (χ0v) is 12.3. The number of likely N-dealkylation sites (tertiary alicyclic amines) is 1. The first-order chi connectivity index (χ1) is 8.11. The van der Waals surface area contributed by atoms with Gasteiger partial charge in [0, 0.05) is 12.5 Å². The summed E-state index contributed by atoms with van der Waals surface area (Å²) in [6.07, 6.45) is 0.913. The first-order valence-corrected chi connectivity index (χ1v) is 6.67. The molecule has 0 radical (unpaired) electrons. The minimum absolute atomic E-state index is 0.0604. The number of hydrogen-bond acceptors (Lipinski definition) is 3. The fourth-order valence-electron chi connectivity index (χ4n) is 2.40. The van der Waals surface area contributed by atoms with Gasteiger partial charge in [0.2, 0.25) is 5.91 Å². The van der Waals surface area contributed by atoms with Crippen LogP contribution in [0.2, 0.25) is 0 Å². The van der Waals surface area contributed by atoms with Crippen LogP contribution in [0.1, 0.15) is 54.4 Å². The van der Waals surface area contributed by atoms with Crippen LogP contribution in [0.3, 0.4) is 0 Å². The van der Waals surface area contributed by atoms with Crippen molar-refractivity contribution in [1.82, 2.24) is 4.90 Å². The quantitative estimate of drug-likeness (QED) is 0.761. The minimum Gasteiger partial charge on any atom is -0.443 e. The number of nitrogens with zero attached hydrogens (tertiary/aromatic N) is 1. The molecule has 1 aliphatic heterocycles. The number of ether oxygens (including phenoxy) is 1. The highest BCUT2D eigenvalue weighted by molar-refractivity contribution is 5.94. The Labute approximate surface area is 110 Å². The maximum absolute atomic E-state index is 12.0. The van der Waals surface area contributed by atoms with Gasteiger partial charge in [-0.1, -0.05) is 13.8 Å². The van der Waals surface area contributed by atoms with Gasteiger partial charge < -0.3 is 4.74 Å². The van der Waals surface area contributed by atoms with E-state index in [0.717, 1.165) is 6.42 Å². The predicted molar refractivity (Wildman–Crippen MR) is 70.1 cm³/mol. The van der Waals surface area contributed by atoms with Crippen LogP contribution in [0.4, 0.5) is 4.79 Å². The summed E-state index contributed by atoms with van der Waals surface area (Å²) in [6.45, 7) is 11.6. The van der Waals surface area contributed by atoms with Crippen molar-refractivity contribution >= 4 is 12.0 Å². The van der Waals surface area contributed by atoms with Gasteiger partial charge >= 0.3 is 6.09 Å². The summed E-state index contributed by atoms with van der Waals surface area (Å²) >= 11 is 0. The molecule has 0 N–H and O–H groups in total. The largest absolute Gasteiger partial charge is 0.443 e. The van der Waals surface area contributed by atoms with Gasteiger partial charge in [-0.3, -0.25) is 4.79 Å². The number of amides is 2. The Hall–Kier alpha value is -1.06. The van der Waals surface area contributed by atoms with E-state index in [2.05, 4.69) is 13.8 Å². The molecule has 4 nitrogen and oxygen atoms in total. The summed E-state index contributed by atoms with van der Waals surface area (Å²) in [5.41, 5.74) is -0.562. The first kappa shape index (κ1) is 15.0. The Bertz CT molecular complexity index is 330. The molecule has 104 valence electrons. The van der Waals surface area contributed by atoms with E-state index in [1.165, 1.54) is 4.90 Å². The third-order valence-corrected chi connectivity index (χ3v) is 3.16. The molecule has 1 aliphatic rings. The summed E-state index contributed by atoms with van der Waals surface area (Å²) in [5.74, 6) is 0.677. The zero-order valence-electron chi connectivity index (χ0n) is 12.3. The molecule has 2 unspecified atom stereocenters. The van der Waals surface area contributed by atoms with Gasteiger partial charge in [-0.05, 0) is 46.0 Å². The van der Waals surface area contributed by atoms with Gasteiger partial charge in [-0.15, -0.1) is 0 Å². The Kier molecular flexibility index (Phi) is 4.41. The van der Waals surface area contributed by atoms with Gasteiger partial charge in [0.05, 0.1) is 0 Å². The SMILES string of the molecule is CC(C)CC1CC(=O)N(C(=O)OC(C)(C)C)C1C. The molecule has 0 bridgehead atoms. The van der Waals surface area contributed by atoms with Crippen LogP contribution in [0.15, 0.2) is 0 Å². The second-order valence-corrected chi connectivity index (χ2v) is 6.58. The monoisotopic (exact) mass is 255 g/mol. The Balaban J connectivity index is 2.72. The number of carbonyl (C=O) groups excluding carboxylic acids is 2. The summed E-state index contributed by atoms with van der Waals surface area (Å²) in [4.78, 5) is 25.2. The molecule has 1 rings (SSSR count). The lowest BCUT2D eigenvalue weighted by atomic mass is 9.91. The molecule has 0 aromatic heterocycles. The van der Waals surface area contributed by atoms with E-state index >= 15 is 0 Å². The van der Waals surface area contributed by atoms with Crippen LogP contribution in [0.25, 0.3) is 0 Å². The lowest BCUT2D eigenvalue weighted by Gasteiger charge is -2.27. The fourth-order valence-corrected chi connectivity index (χ4v) is 2.40. The van der Waals surface area contributed by atoms with Crippen molar-refractivity contribution in [1.29, 1.82) is 0 Å². The van der Waals surface area contributed by atoms with Gasteiger partial charge in [-0.25, -0.2) is 9.69 Å². The summed E-state index contributed by atoms with van der Waals surface area (Å²) in [5, 5.41) is 0. The van der Waals surface area contributed by atoms with Crippen molar-refractivity contribution in [3.8, 4) is 0 Å². The highest BCUT2D eigenvalue weighted by atomic mass is 16.6. The van der Waals surface area contributed by atoms with Crippen molar-refractivity contribution < 1.29 is 14.3 Å². The van der Waals surface area contributed by atoms with Gasteiger partial charge in [-0.2, -0.15) is 0 Å². The Morgan fingerprint density at radius 2 is 2.00 bits per heavy atom. The molecule has 2 atom stereocenters. The maximum atomic E-state index is 12.0. The molecular weight excluding hydrogens is 230 g/mol. The first-order valence-electron chi connectivity index (χ1n) is 6.67. The van der Waals surface area contributed by atoms with Crippen molar-refractivity contribution in [2.45, 2.75) is 66.0 Å². The lowest BCUT2D eigenvalue weighted by Crippen LogP contribution is -2.42. The highest BCUT2D eigenvalue weighted by Crippen LogP contribution is 2.31. The zero-order chi connectivity index (χ0) is 14.1. The topological polar surface area (TPSA) is 46.6 Å². The van der Waals surface area contributed by atoms with Gasteiger partial charge in [0.15, 0.2) is 0 Å². The second kappa shape index (κ2) is 5.29. The Morgan fingerprint density at radius 1 is 1.44 bits per heavy atom. The van der Waals surface area contributed by atoms with Crippen LogP contribution < -0.4 is 0 Å². The molecule has 4 heteroatoms. The summed E-state index contributed by atoms with van der Waals surface area (Å²) < 4.78 is 5.28. The van der Waals surface area contributed by atoms with Crippen molar-refractivity contribution in [2.24, 2.45) is 11.8 Å². The van der Waals surface area contributed by atoms with E-state index in [1.807, 2.05) is 27.7 Å². The van der Waals surface area contributed by atoms with E-state index < -0.39 is 11.7 Å². The second-order valence-electron chi connectivity index (χ2n) is 6.58. The normalized spacial score (nSPS) is 24.8. The molecule has 0 aliphatic carbocycles. The molecule has 2 amide bonds. The van der Waals surface area contributed by atoms with Crippen molar-refractivity contribution in [3.63, 3.8) is 0 Å². The molecule has 0 spiro atoms. The van der Waals surface area contributed by atoms with E-state index in [4.69, 9.17) is 4.74 Å². The number of rotatable bonds is 2. The van der Waals surface area contributed by atoms with Gasteiger partial charge in [0.1, 0.15) is 5.60 Å². The number of imide groups is 1. The van der Waals surface area contributed by atoms with E-state index in [9.17, 15) is 9.59 Å². The van der Waals surface area contributed by atoms with Crippen LogP contribution in [0.5, 0.6) is 0 Å². The third kappa shape index (κ3) is 3.72. The summed E-state index contributed by atoms with van der Waals surface area (Å²) in [6, 6.07) is -0.0604. The average Bonchev–Trinajstić information content (AvgIpc) is 2.37. The molecule has 1 saturated heterocycles. The predicted octanol–water partition coefficient (Wildman–Crippen LogP) is 3.20. The highest BCUT2D eigenvalue weighted by Gasteiger charge is 2.42. The van der Waals surface area contributed by atoms with E-state index in [1.54, 1.807) is 0 Å². The molecule has 1 heterocycles. The maximum Gasteiger partial charge on any atom is 0.417 e. The molecular formula is C14H25NO3.